The molecule has 116 valence electrons. The monoisotopic (exact) mass is 291 g/mol. The number of hydrogen-bond donors (Lipinski definition) is 2. The Morgan fingerprint density at radius 3 is 2.48 bits per heavy atom. The van der Waals surface area contributed by atoms with Crippen LogP contribution in [0.15, 0.2) is 18.3 Å². The van der Waals surface area contributed by atoms with E-state index in [0.29, 0.717) is 12.1 Å². The third-order valence-electron chi connectivity index (χ3n) is 4.08. The van der Waals surface area contributed by atoms with E-state index < -0.39 is 5.60 Å². The quantitative estimate of drug-likeness (QED) is 0.832. The van der Waals surface area contributed by atoms with E-state index in [-0.39, 0.29) is 5.91 Å². The van der Waals surface area contributed by atoms with Crippen LogP contribution in [0, 0.1) is 0 Å². The Balaban J connectivity index is 1.91. The molecule has 1 aromatic rings. The van der Waals surface area contributed by atoms with Crippen molar-refractivity contribution in [3.05, 3.63) is 23.9 Å². The van der Waals surface area contributed by atoms with Crippen LogP contribution in [0.5, 0.6) is 0 Å². The molecular formula is C16H25N3O2. The summed E-state index contributed by atoms with van der Waals surface area (Å²) < 4.78 is 0. The van der Waals surface area contributed by atoms with Crippen LogP contribution in [0.25, 0.3) is 0 Å². The minimum Gasteiger partial charge on any atom is -0.388 e. The second-order valence-corrected chi connectivity index (χ2v) is 6.12. The van der Waals surface area contributed by atoms with E-state index in [2.05, 4.69) is 10.3 Å². The molecule has 1 aliphatic rings. The number of rotatable bonds is 4. The zero-order valence-electron chi connectivity index (χ0n) is 12.9. The van der Waals surface area contributed by atoms with Gasteiger partial charge < -0.3 is 15.3 Å². The van der Waals surface area contributed by atoms with Crippen LogP contribution in [0.2, 0.25) is 0 Å². The predicted octanol–water partition coefficient (Wildman–Crippen LogP) is 1.96. The van der Waals surface area contributed by atoms with Gasteiger partial charge in [-0.3, -0.25) is 4.79 Å². The van der Waals surface area contributed by atoms with Gasteiger partial charge in [-0.25, -0.2) is 4.98 Å². The third-order valence-corrected chi connectivity index (χ3v) is 4.08. The highest BCUT2D eigenvalue weighted by molar-refractivity contribution is 5.94. The van der Waals surface area contributed by atoms with Gasteiger partial charge in [0.1, 0.15) is 5.82 Å². The maximum atomic E-state index is 12.1. The normalized spacial score (nSPS) is 17.9. The first kappa shape index (κ1) is 15.8. The molecule has 0 aromatic carbocycles. The van der Waals surface area contributed by atoms with Crippen molar-refractivity contribution in [2.75, 3.05) is 25.5 Å². The lowest BCUT2D eigenvalue weighted by atomic mass is 9.94. The molecule has 1 amide bonds. The average Bonchev–Trinajstić information content (AvgIpc) is 2.70. The fraction of sp³-hybridized carbons (Fsp3) is 0.625. The minimum atomic E-state index is -0.747. The Labute approximate surface area is 126 Å². The number of nitrogens with one attached hydrogen (secondary N) is 1. The summed E-state index contributed by atoms with van der Waals surface area (Å²) in [5.41, 5.74) is -0.221. The third kappa shape index (κ3) is 4.43. The molecule has 0 radical (unpaired) electrons. The van der Waals surface area contributed by atoms with Crippen LogP contribution in [0.3, 0.4) is 0 Å². The second kappa shape index (κ2) is 6.89. The van der Waals surface area contributed by atoms with Crippen molar-refractivity contribution in [1.29, 1.82) is 0 Å². The number of aliphatic hydroxyl groups is 1. The van der Waals surface area contributed by atoms with Gasteiger partial charge >= 0.3 is 0 Å². The van der Waals surface area contributed by atoms with Crippen LogP contribution < -0.4 is 10.2 Å². The standard InChI is InChI=1S/C16H25N3O2/c1-19(2)14-8-7-13(11-17-14)15(20)18-12-16(21)9-5-3-4-6-10-16/h7-8,11,21H,3-6,9-10,12H2,1-2H3,(H,18,20). The topological polar surface area (TPSA) is 65.5 Å². The van der Waals surface area contributed by atoms with Crippen LogP contribution in [-0.2, 0) is 0 Å². The number of nitrogens with zero attached hydrogens (tertiary/aromatic N) is 2. The van der Waals surface area contributed by atoms with E-state index in [1.807, 2.05) is 25.1 Å². The highest BCUT2D eigenvalue weighted by Gasteiger charge is 2.28. The number of hydrogen-bond acceptors (Lipinski definition) is 4. The summed E-state index contributed by atoms with van der Waals surface area (Å²) in [7, 11) is 3.81. The molecule has 5 heteroatoms. The lowest BCUT2D eigenvalue weighted by Crippen LogP contribution is -2.42. The molecule has 1 heterocycles. The largest absolute Gasteiger partial charge is 0.388 e. The van der Waals surface area contributed by atoms with Crippen LogP contribution in [0.1, 0.15) is 48.9 Å². The number of amides is 1. The van der Waals surface area contributed by atoms with E-state index in [0.717, 1.165) is 31.5 Å². The Morgan fingerprint density at radius 1 is 1.29 bits per heavy atom. The SMILES string of the molecule is CN(C)c1ccc(C(=O)NCC2(O)CCCCCC2)cn1. The molecule has 2 rings (SSSR count). The summed E-state index contributed by atoms with van der Waals surface area (Å²) in [6.07, 6.45) is 7.52. The number of aromatic nitrogens is 1. The van der Waals surface area contributed by atoms with Gasteiger partial charge in [-0.2, -0.15) is 0 Å². The molecule has 1 fully saturated rings. The van der Waals surface area contributed by atoms with Crippen molar-refractivity contribution in [1.82, 2.24) is 10.3 Å². The number of carbonyl (C=O) groups excluding carboxylic acids is 1. The summed E-state index contributed by atoms with van der Waals surface area (Å²) in [6.45, 7) is 0.321. The molecule has 0 bridgehead atoms. The van der Waals surface area contributed by atoms with Crippen molar-refractivity contribution >= 4 is 11.7 Å². The molecule has 1 aliphatic carbocycles. The molecular weight excluding hydrogens is 266 g/mol. The molecule has 1 saturated carbocycles. The Kier molecular flexibility index (Phi) is 5.17. The lowest BCUT2D eigenvalue weighted by molar-refractivity contribution is 0.0246. The zero-order valence-corrected chi connectivity index (χ0v) is 12.9. The second-order valence-electron chi connectivity index (χ2n) is 6.12. The van der Waals surface area contributed by atoms with Crippen molar-refractivity contribution in [2.45, 2.75) is 44.1 Å². The van der Waals surface area contributed by atoms with Crippen LogP contribution in [-0.4, -0.2) is 42.2 Å². The molecule has 0 spiro atoms. The molecule has 5 nitrogen and oxygen atoms in total. The molecule has 0 saturated heterocycles. The summed E-state index contributed by atoms with van der Waals surface area (Å²) in [5.74, 6) is 0.638. The van der Waals surface area contributed by atoms with Crippen molar-refractivity contribution < 1.29 is 9.90 Å². The van der Waals surface area contributed by atoms with E-state index in [1.54, 1.807) is 12.3 Å². The van der Waals surface area contributed by atoms with Gasteiger partial charge in [-0.15, -0.1) is 0 Å². The fourth-order valence-electron chi connectivity index (χ4n) is 2.70. The zero-order chi connectivity index (χ0) is 15.3. The summed E-state index contributed by atoms with van der Waals surface area (Å²) in [5, 5.41) is 13.4. The average molecular weight is 291 g/mol. The highest BCUT2D eigenvalue weighted by Crippen LogP contribution is 2.26. The first-order valence-corrected chi connectivity index (χ1v) is 7.64. The van der Waals surface area contributed by atoms with E-state index in [1.165, 1.54) is 12.8 Å². The number of carbonyl (C=O) groups is 1. The summed E-state index contributed by atoms with van der Waals surface area (Å²) in [4.78, 5) is 18.2. The highest BCUT2D eigenvalue weighted by atomic mass is 16.3. The Morgan fingerprint density at radius 2 is 1.95 bits per heavy atom. The van der Waals surface area contributed by atoms with Crippen molar-refractivity contribution in [3.63, 3.8) is 0 Å². The van der Waals surface area contributed by atoms with Gasteiger partial charge in [-0.1, -0.05) is 25.7 Å². The molecule has 1 aromatic heterocycles. The van der Waals surface area contributed by atoms with Crippen molar-refractivity contribution in [3.8, 4) is 0 Å². The maximum absolute atomic E-state index is 12.1. The Bertz CT molecular complexity index is 463. The summed E-state index contributed by atoms with van der Waals surface area (Å²) >= 11 is 0. The molecule has 0 atom stereocenters. The number of pyridine rings is 1. The Hall–Kier alpha value is -1.62. The van der Waals surface area contributed by atoms with Gasteiger partial charge in [0.15, 0.2) is 0 Å². The molecule has 0 aliphatic heterocycles. The van der Waals surface area contributed by atoms with Gasteiger partial charge in [0, 0.05) is 26.8 Å². The number of anilines is 1. The molecule has 0 unspecified atom stereocenters. The lowest BCUT2D eigenvalue weighted by Gasteiger charge is -2.26. The van der Waals surface area contributed by atoms with Gasteiger partial charge in [0.25, 0.3) is 5.91 Å². The summed E-state index contributed by atoms with van der Waals surface area (Å²) in [6, 6.07) is 3.57. The van der Waals surface area contributed by atoms with Crippen molar-refractivity contribution in [2.24, 2.45) is 0 Å². The smallest absolute Gasteiger partial charge is 0.252 e. The van der Waals surface area contributed by atoms with Crippen LogP contribution in [0.4, 0.5) is 5.82 Å². The van der Waals surface area contributed by atoms with Gasteiger partial charge in [0.2, 0.25) is 0 Å². The minimum absolute atomic E-state index is 0.175. The van der Waals surface area contributed by atoms with E-state index >= 15 is 0 Å². The van der Waals surface area contributed by atoms with E-state index in [9.17, 15) is 9.90 Å². The molecule has 21 heavy (non-hydrogen) atoms. The first-order valence-electron chi connectivity index (χ1n) is 7.64. The fourth-order valence-corrected chi connectivity index (χ4v) is 2.70. The molecule has 2 N–H and O–H groups in total. The van der Waals surface area contributed by atoms with E-state index in [4.69, 9.17) is 0 Å². The van der Waals surface area contributed by atoms with Gasteiger partial charge in [-0.05, 0) is 25.0 Å². The maximum Gasteiger partial charge on any atom is 0.252 e. The van der Waals surface area contributed by atoms with Gasteiger partial charge in [0.05, 0.1) is 11.2 Å². The van der Waals surface area contributed by atoms with Crippen LogP contribution >= 0.6 is 0 Å². The first-order chi connectivity index (χ1) is 10.0. The predicted molar refractivity (Wildman–Crippen MR) is 83.5 cm³/mol.